The van der Waals surface area contributed by atoms with Crippen molar-refractivity contribution in [2.75, 3.05) is 19.8 Å². The van der Waals surface area contributed by atoms with Gasteiger partial charge in [-0.25, -0.2) is 4.79 Å². The molecule has 9 heteroatoms. The van der Waals surface area contributed by atoms with Gasteiger partial charge in [-0.2, -0.15) is 0 Å². The van der Waals surface area contributed by atoms with Gasteiger partial charge in [0.15, 0.2) is 14.1 Å². The number of carbonyl (C=O) groups excluding carboxylic acids is 3. The quantitative estimate of drug-likeness (QED) is 0.171. The molecule has 0 saturated carbocycles. The molecule has 0 spiro atoms. The highest BCUT2D eigenvalue weighted by Crippen LogP contribution is 2.37. The fourth-order valence-electron chi connectivity index (χ4n) is 3.81. The SMILES string of the molecule is C=CCOC(=O)O[C@H](C)[C@H]1C(=O)N[C@@H]1[C@H]1OCC[C@H](CCCO[Si](C)(C)C(C)(C)C)C1=O. The Bertz CT molecular complexity index is 703. The second kappa shape index (κ2) is 10.9. The highest BCUT2D eigenvalue weighted by atomic mass is 28.4. The summed E-state index contributed by atoms with van der Waals surface area (Å²) >= 11 is 0. The van der Waals surface area contributed by atoms with Gasteiger partial charge >= 0.3 is 6.16 Å². The number of rotatable bonds is 10. The molecule has 1 amide bonds. The molecule has 2 rings (SSSR count). The molecule has 0 radical (unpaired) electrons. The summed E-state index contributed by atoms with van der Waals surface area (Å²) in [7, 11) is -1.80. The Labute approximate surface area is 192 Å². The zero-order valence-corrected chi connectivity index (χ0v) is 21.3. The summed E-state index contributed by atoms with van der Waals surface area (Å²) in [5, 5.41) is 2.92. The van der Waals surface area contributed by atoms with Crippen LogP contribution in [0.15, 0.2) is 12.7 Å². The summed E-state index contributed by atoms with van der Waals surface area (Å²) in [4.78, 5) is 37.0. The zero-order valence-electron chi connectivity index (χ0n) is 20.3. The van der Waals surface area contributed by atoms with E-state index in [0.717, 1.165) is 12.8 Å². The molecule has 1 N–H and O–H groups in total. The summed E-state index contributed by atoms with van der Waals surface area (Å²) in [5.41, 5.74) is 0. The van der Waals surface area contributed by atoms with Crippen molar-refractivity contribution in [3.8, 4) is 0 Å². The molecular formula is C23H39NO7Si. The van der Waals surface area contributed by atoms with Crippen molar-refractivity contribution in [2.45, 2.75) is 83.3 Å². The molecule has 2 saturated heterocycles. The molecule has 0 aromatic rings. The molecular weight excluding hydrogens is 430 g/mol. The van der Waals surface area contributed by atoms with Crippen LogP contribution in [-0.2, 0) is 28.2 Å². The predicted octanol–water partition coefficient (Wildman–Crippen LogP) is 3.60. The summed E-state index contributed by atoms with van der Waals surface area (Å²) in [5.74, 6) is -1.04. The molecule has 182 valence electrons. The number of amides is 1. The van der Waals surface area contributed by atoms with Crippen molar-refractivity contribution in [1.82, 2.24) is 5.32 Å². The van der Waals surface area contributed by atoms with E-state index in [1.165, 1.54) is 6.08 Å². The van der Waals surface area contributed by atoms with Crippen LogP contribution in [0.25, 0.3) is 0 Å². The maximum Gasteiger partial charge on any atom is 0.508 e. The van der Waals surface area contributed by atoms with Crippen molar-refractivity contribution < 1.29 is 33.0 Å². The summed E-state index contributed by atoms with van der Waals surface area (Å²) in [6.45, 7) is 17.3. The predicted molar refractivity (Wildman–Crippen MR) is 123 cm³/mol. The average Bonchev–Trinajstić information content (AvgIpc) is 2.68. The average molecular weight is 470 g/mol. The third-order valence-corrected chi connectivity index (χ3v) is 11.4. The lowest BCUT2D eigenvalue weighted by atomic mass is 9.77. The molecule has 2 aliphatic rings. The monoisotopic (exact) mass is 469 g/mol. The molecule has 8 nitrogen and oxygen atoms in total. The standard InChI is InChI=1S/C23H39NO7Si/c1-8-12-29-22(27)31-15(2)17-18(24-21(17)26)20-19(25)16(11-14-28-20)10-9-13-30-32(6,7)23(3,4)5/h8,15-18,20H,1,9-14H2,2-7H3,(H,24,26)/t15-,16+,17-,18+,20-/m1/s1. The third kappa shape index (κ3) is 6.42. The number of Topliss-reactive ketones (excluding diaryl/α,β-unsaturated/α-hetero) is 1. The van der Waals surface area contributed by atoms with Crippen molar-refractivity contribution in [1.29, 1.82) is 0 Å². The van der Waals surface area contributed by atoms with E-state index < -0.39 is 38.6 Å². The number of hydrogen-bond acceptors (Lipinski definition) is 7. The van der Waals surface area contributed by atoms with Gasteiger partial charge in [-0.15, -0.1) is 0 Å². The maximum absolute atomic E-state index is 13.1. The molecule has 2 aliphatic heterocycles. The fourth-order valence-corrected chi connectivity index (χ4v) is 4.89. The molecule has 0 aromatic carbocycles. The largest absolute Gasteiger partial charge is 0.508 e. The molecule has 2 heterocycles. The molecule has 0 aromatic heterocycles. The number of β-lactam (4-membered cyclic amide) rings is 1. The molecule has 0 unspecified atom stereocenters. The van der Waals surface area contributed by atoms with E-state index in [9.17, 15) is 14.4 Å². The van der Waals surface area contributed by atoms with Gasteiger partial charge in [-0.05, 0) is 44.3 Å². The Hall–Kier alpha value is -1.71. The minimum absolute atomic E-state index is 0.00000961. The summed E-state index contributed by atoms with van der Waals surface area (Å²) in [6, 6.07) is -0.511. The number of hydrogen-bond donors (Lipinski definition) is 1. The van der Waals surface area contributed by atoms with Gasteiger partial charge in [0, 0.05) is 19.1 Å². The van der Waals surface area contributed by atoms with Gasteiger partial charge in [0.05, 0.1) is 12.0 Å². The molecule has 2 fully saturated rings. The number of carbonyl (C=O) groups is 3. The lowest BCUT2D eigenvalue weighted by molar-refractivity contribution is -0.161. The van der Waals surface area contributed by atoms with E-state index in [1.54, 1.807) is 6.92 Å². The van der Waals surface area contributed by atoms with E-state index in [0.29, 0.717) is 19.6 Å². The molecule has 0 aliphatic carbocycles. The van der Waals surface area contributed by atoms with Crippen molar-refractivity contribution in [3.63, 3.8) is 0 Å². The van der Waals surface area contributed by atoms with E-state index in [1.807, 2.05) is 0 Å². The van der Waals surface area contributed by atoms with Crippen molar-refractivity contribution >= 4 is 26.2 Å². The van der Waals surface area contributed by atoms with Gasteiger partial charge in [-0.3, -0.25) is 9.59 Å². The Balaban J connectivity index is 1.88. The van der Waals surface area contributed by atoms with Crippen molar-refractivity contribution in [2.24, 2.45) is 11.8 Å². The second-order valence-corrected chi connectivity index (χ2v) is 15.0. The molecule has 5 atom stereocenters. The van der Waals surface area contributed by atoms with E-state index in [4.69, 9.17) is 18.6 Å². The lowest BCUT2D eigenvalue weighted by Gasteiger charge is -2.45. The topological polar surface area (TPSA) is 100 Å². The van der Waals surface area contributed by atoms with Gasteiger partial charge in [0.25, 0.3) is 0 Å². The van der Waals surface area contributed by atoms with Gasteiger partial charge in [0.2, 0.25) is 5.91 Å². The number of nitrogens with one attached hydrogen (secondary N) is 1. The van der Waals surface area contributed by atoms with Crippen LogP contribution in [-0.4, -0.2) is 64.2 Å². The Morgan fingerprint density at radius 1 is 1.34 bits per heavy atom. The highest BCUT2D eigenvalue weighted by Gasteiger charge is 2.52. The smallest absolute Gasteiger partial charge is 0.430 e. The van der Waals surface area contributed by atoms with E-state index in [-0.39, 0.29) is 29.3 Å². The van der Waals surface area contributed by atoms with Crippen LogP contribution < -0.4 is 5.32 Å². The molecule has 0 bridgehead atoms. The first-order valence-corrected chi connectivity index (χ1v) is 14.3. The van der Waals surface area contributed by atoms with Crippen LogP contribution in [0.2, 0.25) is 18.1 Å². The van der Waals surface area contributed by atoms with Crippen LogP contribution in [0.1, 0.15) is 47.0 Å². The second-order valence-electron chi connectivity index (χ2n) is 10.2. The van der Waals surface area contributed by atoms with Crippen molar-refractivity contribution in [3.05, 3.63) is 12.7 Å². The van der Waals surface area contributed by atoms with E-state index >= 15 is 0 Å². The number of ketones is 1. The normalized spacial score (nSPS) is 27.2. The van der Waals surface area contributed by atoms with Gasteiger partial charge in [0.1, 0.15) is 18.8 Å². The third-order valence-electron chi connectivity index (χ3n) is 6.84. The number of ether oxygens (including phenoxy) is 3. The first kappa shape index (κ1) is 26.5. The minimum Gasteiger partial charge on any atom is -0.430 e. The lowest BCUT2D eigenvalue weighted by Crippen LogP contribution is -2.69. The maximum atomic E-state index is 13.1. The van der Waals surface area contributed by atoms with Crippen LogP contribution >= 0.6 is 0 Å². The Morgan fingerprint density at radius 2 is 2.03 bits per heavy atom. The fraction of sp³-hybridized carbons (Fsp3) is 0.783. The summed E-state index contributed by atoms with van der Waals surface area (Å²) in [6.07, 6.45) is 1.31. The van der Waals surface area contributed by atoms with Crippen LogP contribution in [0.5, 0.6) is 0 Å². The highest BCUT2D eigenvalue weighted by molar-refractivity contribution is 6.74. The Kier molecular flexibility index (Phi) is 9.07. The van der Waals surface area contributed by atoms with Crippen LogP contribution in [0, 0.1) is 11.8 Å². The zero-order chi connectivity index (χ0) is 24.1. The van der Waals surface area contributed by atoms with Crippen LogP contribution in [0.3, 0.4) is 0 Å². The molecule has 32 heavy (non-hydrogen) atoms. The van der Waals surface area contributed by atoms with Gasteiger partial charge < -0.3 is 24.0 Å². The first-order chi connectivity index (χ1) is 14.9. The first-order valence-electron chi connectivity index (χ1n) is 11.4. The van der Waals surface area contributed by atoms with Crippen LogP contribution in [0.4, 0.5) is 4.79 Å². The van der Waals surface area contributed by atoms with Gasteiger partial charge in [-0.1, -0.05) is 33.4 Å². The Morgan fingerprint density at radius 3 is 2.62 bits per heavy atom. The summed E-state index contributed by atoms with van der Waals surface area (Å²) < 4.78 is 22.0. The van der Waals surface area contributed by atoms with E-state index in [2.05, 4.69) is 45.8 Å². The minimum atomic E-state index is -1.80.